The Kier molecular flexibility index (Phi) is 23.9. The maximum Gasteiger partial charge on any atom is 0.0404 e. The minimum atomic E-state index is 0.908. The molecule has 0 saturated carbocycles. The molecule has 0 aromatic rings. The summed E-state index contributed by atoms with van der Waals surface area (Å²) in [4.78, 5) is 0. The lowest BCUT2D eigenvalue weighted by Crippen LogP contribution is -2.05. The van der Waals surface area contributed by atoms with Crippen molar-refractivity contribution in [3.63, 3.8) is 0 Å². The van der Waals surface area contributed by atoms with Crippen LogP contribution in [0.3, 0.4) is 0 Å². The number of allylic oxidation sites excluding steroid dienone is 4. The molecule has 0 bridgehead atoms. The third-order valence-corrected chi connectivity index (χ3v) is 1.32. The second-order valence-corrected chi connectivity index (χ2v) is 2.09. The van der Waals surface area contributed by atoms with Gasteiger partial charge in [-0.1, -0.05) is 59.1 Å². The highest BCUT2D eigenvalue weighted by Crippen LogP contribution is 2.03. The molecule has 0 aliphatic heterocycles. The fraction of sp³-hybridized carbons (Fsp3) is 0.429. The van der Waals surface area contributed by atoms with Crippen molar-refractivity contribution < 1.29 is 0 Å². The molecule has 0 heterocycles. The van der Waals surface area contributed by atoms with Crippen LogP contribution in [0.2, 0.25) is 0 Å². The normalized spacial score (nSPS) is 9.33. The van der Waals surface area contributed by atoms with E-state index in [9.17, 15) is 0 Å². The standard InChI is InChI=1S/C10H15N.2C2H6/c1-5-7-8-10(11-4)9(3)6-2;2*1-2/h5-8,11H,2-3H2,1,4H3;2*1-2H3/b7-5-,10-8+;;. The highest BCUT2D eigenvalue weighted by Gasteiger charge is 1.91. The fourth-order valence-corrected chi connectivity index (χ4v) is 0.653. The SMILES string of the molecule is C=CC(=C)/C(=C\C=C/C)NC.CC.CC. The van der Waals surface area contributed by atoms with Gasteiger partial charge < -0.3 is 5.32 Å². The van der Waals surface area contributed by atoms with Crippen molar-refractivity contribution >= 4 is 0 Å². The Labute approximate surface area is 96.3 Å². The van der Waals surface area contributed by atoms with Crippen LogP contribution in [0, 0.1) is 0 Å². The third kappa shape index (κ3) is 12.8. The molecule has 0 rings (SSSR count). The number of hydrogen-bond donors (Lipinski definition) is 1. The lowest BCUT2D eigenvalue weighted by molar-refractivity contribution is 1.02. The predicted octanol–water partition coefficient (Wildman–Crippen LogP) is 4.46. The van der Waals surface area contributed by atoms with Gasteiger partial charge in [-0.05, 0) is 18.6 Å². The predicted molar refractivity (Wildman–Crippen MR) is 74.0 cm³/mol. The average Bonchev–Trinajstić information content (AvgIpc) is 2.34. The zero-order valence-electron chi connectivity index (χ0n) is 11.2. The first-order valence-corrected chi connectivity index (χ1v) is 5.58. The Balaban J connectivity index is -0.000000318. The summed E-state index contributed by atoms with van der Waals surface area (Å²) in [7, 11) is 1.87. The van der Waals surface area contributed by atoms with Crippen LogP contribution in [0.15, 0.2) is 48.7 Å². The van der Waals surface area contributed by atoms with Gasteiger partial charge in [0.2, 0.25) is 0 Å². The second kappa shape index (κ2) is 18.5. The number of hydrogen-bond acceptors (Lipinski definition) is 1. The minimum absolute atomic E-state index is 0.908. The average molecular weight is 209 g/mol. The van der Waals surface area contributed by atoms with Gasteiger partial charge in [0.25, 0.3) is 0 Å². The second-order valence-electron chi connectivity index (χ2n) is 2.09. The molecule has 15 heavy (non-hydrogen) atoms. The Morgan fingerprint density at radius 1 is 1.13 bits per heavy atom. The van der Waals surface area contributed by atoms with Gasteiger partial charge in [0, 0.05) is 12.7 Å². The lowest BCUT2D eigenvalue weighted by Gasteiger charge is -2.03. The smallest absolute Gasteiger partial charge is 0.0404 e. The first-order chi connectivity index (χ1) is 7.26. The summed E-state index contributed by atoms with van der Waals surface area (Å²) >= 11 is 0. The van der Waals surface area contributed by atoms with Crippen LogP contribution in [0.25, 0.3) is 0 Å². The van der Waals surface area contributed by atoms with Crippen LogP contribution in [-0.4, -0.2) is 7.05 Å². The summed E-state index contributed by atoms with van der Waals surface area (Å²) in [6, 6.07) is 0. The van der Waals surface area contributed by atoms with Crippen LogP contribution >= 0.6 is 0 Å². The summed E-state index contributed by atoms with van der Waals surface area (Å²) < 4.78 is 0. The third-order valence-electron chi connectivity index (χ3n) is 1.32. The van der Waals surface area contributed by atoms with E-state index < -0.39 is 0 Å². The van der Waals surface area contributed by atoms with Crippen molar-refractivity contribution in [2.75, 3.05) is 7.05 Å². The van der Waals surface area contributed by atoms with Crippen LogP contribution in [0.4, 0.5) is 0 Å². The molecule has 0 aromatic carbocycles. The summed E-state index contributed by atoms with van der Waals surface area (Å²) in [5.41, 5.74) is 1.91. The molecule has 0 radical (unpaired) electrons. The van der Waals surface area contributed by atoms with E-state index in [1.165, 1.54) is 0 Å². The fourth-order valence-electron chi connectivity index (χ4n) is 0.653. The Hall–Kier alpha value is -1.24. The monoisotopic (exact) mass is 209 g/mol. The zero-order chi connectivity index (χ0) is 12.7. The molecule has 0 atom stereocenters. The first-order valence-electron chi connectivity index (χ1n) is 5.58. The molecule has 1 N–H and O–H groups in total. The highest BCUT2D eigenvalue weighted by molar-refractivity contribution is 5.36. The lowest BCUT2D eigenvalue weighted by atomic mass is 10.2. The summed E-state index contributed by atoms with van der Waals surface area (Å²) in [5.74, 6) is 0. The van der Waals surface area contributed by atoms with E-state index in [1.54, 1.807) is 6.08 Å². The number of likely N-dealkylation sites (N-methyl/N-ethyl adjacent to an activating group) is 1. The van der Waals surface area contributed by atoms with Crippen LogP contribution in [0.5, 0.6) is 0 Å². The number of rotatable bonds is 4. The maximum absolute atomic E-state index is 3.81. The van der Waals surface area contributed by atoms with E-state index in [0.29, 0.717) is 0 Å². The van der Waals surface area contributed by atoms with E-state index in [4.69, 9.17) is 0 Å². The summed E-state index contributed by atoms with van der Waals surface area (Å²) in [6.07, 6.45) is 7.62. The molecule has 0 aliphatic rings. The van der Waals surface area contributed by atoms with E-state index in [-0.39, 0.29) is 0 Å². The van der Waals surface area contributed by atoms with Gasteiger partial charge in [-0.15, -0.1) is 0 Å². The van der Waals surface area contributed by atoms with Gasteiger partial charge in [-0.2, -0.15) is 0 Å². The Morgan fingerprint density at radius 3 is 1.87 bits per heavy atom. The largest absolute Gasteiger partial charge is 0.388 e. The molecule has 0 amide bonds. The number of nitrogens with one attached hydrogen (secondary N) is 1. The maximum atomic E-state index is 3.81. The van der Waals surface area contributed by atoms with Crippen molar-refractivity contribution in [1.82, 2.24) is 5.32 Å². The van der Waals surface area contributed by atoms with E-state index >= 15 is 0 Å². The molecule has 88 valence electrons. The van der Waals surface area contributed by atoms with Gasteiger partial charge >= 0.3 is 0 Å². The quantitative estimate of drug-likeness (QED) is 0.674. The van der Waals surface area contributed by atoms with Gasteiger partial charge in [0.05, 0.1) is 0 Å². The summed E-state index contributed by atoms with van der Waals surface area (Å²) in [6.45, 7) is 17.4. The van der Waals surface area contributed by atoms with Crippen molar-refractivity contribution in [3.8, 4) is 0 Å². The van der Waals surface area contributed by atoms with Gasteiger partial charge in [0.15, 0.2) is 0 Å². The van der Waals surface area contributed by atoms with Gasteiger partial charge in [-0.3, -0.25) is 0 Å². The van der Waals surface area contributed by atoms with Crippen LogP contribution in [0.1, 0.15) is 34.6 Å². The molecular formula is C14H27N. The Morgan fingerprint density at radius 2 is 1.60 bits per heavy atom. The summed E-state index contributed by atoms with van der Waals surface area (Å²) in [5, 5.41) is 3.03. The van der Waals surface area contributed by atoms with Crippen molar-refractivity contribution in [1.29, 1.82) is 0 Å². The van der Waals surface area contributed by atoms with Crippen molar-refractivity contribution in [3.05, 3.63) is 48.7 Å². The molecular weight excluding hydrogens is 182 g/mol. The van der Waals surface area contributed by atoms with E-state index in [0.717, 1.165) is 11.3 Å². The minimum Gasteiger partial charge on any atom is -0.388 e. The molecule has 0 aromatic heterocycles. The van der Waals surface area contributed by atoms with Crippen molar-refractivity contribution in [2.24, 2.45) is 0 Å². The Bertz CT molecular complexity index is 197. The molecule has 0 spiro atoms. The molecule has 0 aliphatic carbocycles. The van der Waals surface area contributed by atoms with Crippen LogP contribution < -0.4 is 5.32 Å². The van der Waals surface area contributed by atoms with Gasteiger partial charge in [0.1, 0.15) is 0 Å². The first kappa shape index (κ1) is 19.4. The molecule has 1 heteroatoms. The highest BCUT2D eigenvalue weighted by atomic mass is 14.8. The van der Waals surface area contributed by atoms with E-state index in [2.05, 4.69) is 18.5 Å². The van der Waals surface area contributed by atoms with E-state index in [1.807, 2.05) is 59.9 Å². The molecule has 0 unspecified atom stereocenters. The molecule has 0 fully saturated rings. The molecule has 1 nitrogen and oxygen atoms in total. The van der Waals surface area contributed by atoms with Crippen LogP contribution in [-0.2, 0) is 0 Å². The molecule has 0 saturated heterocycles. The van der Waals surface area contributed by atoms with Gasteiger partial charge in [-0.25, -0.2) is 0 Å². The topological polar surface area (TPSA) is 12.0 Å². The zero-order valence-corrected chi connectivity index (χ0v) is 11.2. The van der Waals surface area contributed by atoms with Crippen molar-refractivity contribution in [2.45, 2.75) is 34.6 Å².